The Bertz CT molecular complexity index is 1120. The van der Waals surface area contributed by atoms with Crippen LogP contribution in [0.1, 0.15) is 0 Å². The highest BCUT2D eigenvalue weighted by Gasteiger charge is 2.10. The molecule has 0 aliphatic heterocycles. The average molecular weight is 451 g/mol. The molecule has 0 amide bonds. The summed E-state index contributed by atoms with van der Waals surface area (Å²) in [6.07, 6.45) is 0. The highest BCUT2D eigenvalue weighted by Crippen LogP contribution is 2.36. The fourth-order valence-corrected chi connectivity index (χ4v) is 4.26. The van der Waals surface area contributed by atoms with Crippen LogP contribution < -0.4 is 0 Å². The number of thiazole rings is 1. The fraction of sp³-hybridized carbons (Fsp3) is 0. The van der Waals surface area contributed by atoms with Gasteiger partial charge in [0.25, 0.3) is 0 Å². The maximum Gasteiger partial charge on any atom is 0.124 e. The lowest BCUT2D eigenvalue weighted by Gasteiger charge is -2.06. The third-order valence-electron chi connectivity index (χ3n) is 4.11. The van der Waals surface area contributed by atoms with Crippen LogP contribution in [0.2, 0.25) is 20.1 Å². The van der Waals surface area contributed by atoms with E-state index in [9.17, 15) is 0 Å². The zero-order chi connectivity index (χ0) is 19.0. The summed E-state index contributed by atoms with van der Waals surface area (Å²) in [4.78, 5) is 4.73. The lowest BCUT2D eigenvalue weighted by atomic mass is 10.0. The first-order chi connectivity index (χ1) is 13.0. The summed E-state index contributed by atoms with van der Waals surface area (Å²) >= 11 is 26.1. The monoisotopic (exact) mass is 449 g/mol. The molecule has 1 nitrogen and oxygen atoms in total. The standard InChI is InChI=1S/C21H11Cl4NS/c22-16-9-8-14(10-18(16)24)19-11-27-21(26-19)13-6-4-12(5-7-13)15-2-1-3-17(23)20(15)25/h1-11H. The van der Waals surface area contributed by atoms with Gasteiger partial charge in [-0.2, -0.15) is 0 Å². The molecule has 134 valence electrons. The average Bonchev–Trinajstić information content (AvgIpc) is 3.16. The first-order valence-corrected chi connectivity index (χ1v) is 10.4. The largest absolute Gasteiger partial charge is 0.236 e. The Morgan fingerprint density at radius 3 is 2.11 bits per heavy atom. The van der Waals surface area contributed by atoms with E-state index in [-0.39, 0.29) is 0 Å². The van der Waals surface area contributed by atoms with E-state index in [0.717, 1.165) is 33.0 Å². The molecule has 0 saturated heterocycles. The molecule has 0 spiro atoms. The van der Waals surface area contributed by atoms with Crippen LogP contribution in [0, 0.1) is 0 Å². The quantitative estimate of drug-likeness (QED) is 0.304. The minimum absolute atomic E-state index is 0.520. The second kappa shape index (κ2) is 7.83. The predicted octanol–water partition coefficient (Wildman–Crippen LogP) is 8.76. The van der Waals surface area contributed by atoms with Crippen molar-refractivity contribution >= 4 is 57.7 Å². The Kier molecular flexibility index (Phi) is 5.45. The molecular weight excluding hydrogens is 440 g/mol. The smallest absolute Gasteiger partial charge is 0.124 e. The molecular formula is C21H11Cl4NS. The molecule has 1 aromatic heterocycles. The third-order valence-corrected chi connectivity index (χ3v) is 6.56. The van der Waals surface area contributed by atoms with Crippen molar-refractivity contribution in [2.24, 2.45) is 0 Å². The highest BCUT2D eigenvalue weighted by atomic mass is 35.5. The molecule has 4 aromatic rings. The van der Waals surface area contributed by atoms with Crippen LogP contribution in [0.5, 0.6) is 0 Å². The topological polar surface area (TPSA) is 12.9 Å². The number of hydrogen-bond donors (Lipinski definition) is 0. The molecule has 0 saturated carbocycles. The van der Waals surface area contributed by atoms with E-state index >= 15 is 0 Å². The van der Waals surface area contributed by atoms with Gasteiger partial charge >= 0.3 is 0 Å². The molecule has 0 fully saturated rings. The summed E-state index contributed by atoms with van der Waals surface area (Å²) < 4.78 is 0. The van der Waals surface area contributed by atoms with Crippen molar-refractivity contribution in [3.63, 3.8) is 0 Å². The number of halogens is 4. The zero-order valence-electron chi connectivity index (χ0n) is 13.7. The van der Waals surface area contributed by atoms with E-state index in [1.807, 2.05) is 53.9 Å². The molecule has 3 aromatic carbocycles. The number of hydrogen-bond acceptors (Lipinski definition) is 2. The van der Waals surface area contributed by atoms with Crippen LogP contribution in [-0.4, -0.2) is 4.98 Å². The predicted molar refractivity (Wildman–Crippen MR) is 118 cm³/mol. The Balaban J connectivity index is 1.64. The zero-order valence-corrected chi connectivity index (χ0v) is 17.6. The molecule has 0 aliphatic rings. The van der Waals surface area contributed by atoms with Crippen molar-refractivity contribution < 1.29 is 0 Å². The molecule has 1 heterocycles. The third kappa shape index (κ3) is 3.87. The summed E-state index contributed by atoms with van der Waals surface area (Å²) in [5, 5.41) is 5.10. The van der Waals surface area contributed by atoms with Crippen molar-refractivity contribution in [2.45, 2.75) is 0 Å². The van der Waals surface area contributed by atoms with Gasteiger partial charge in [-0.3, -0.25) is 0 Å². The van der Waals surface area contributed by atoms with Crippen LogP contribution in [-0.2, 0) is 0 Å². The minimum atomic E-state index is 0.520. The first-order valence-electron chi connectivity index (χ1n) is 7.99. The van der Waals surface area contributed by atoms with E-state index < -0.39 is 0 Å². The summed E-state index contributed by atoms with van der Waals surface area (Å²) in [7, 11) is 0. The lowest BCUT2D eigenvalue weighted by Crippen LogP contribution is -1.83. The van der Waals surface area contributed by atoms with E-state index in [0.29, 0.717) is 20.1 Å². The summed E-state index contributed by atoms with van der Waals surface area (Å²) in [5.74, 6) is 0. The molecule has 0 atom stereocenters. The Morgan fingerprint density at radius 1 is 0.667 bits per heavy atom. The molecule has 0 aliphatic carbocycles. The van der Waals surface area contributed by atoms with Gasteiger partial charge in [-0.05, 0) is 23.8 Å². The molecule has 0 unspecified atom stereocenters. The van der Waals surface area contributed by atoms with Gasteiger partial charge in [0.1, 0.15) is 5.01 Å². The van der Waals surface area contributed by atoms with Gasteiger partial charge in [0, 0.05) is 22.1 Å². The van der Waals surface area contributed by atoms with Gasteiger partial charge in [-0.1, -0.05) is 88.9 Å². The number of rotatable bonds is 3. The molecule has 0 N–H and O–H groups in total. The highest BCUT2D eigenvalue weighted by molar-refractivity contribution is 7.13. The molecule has 6 heteroatoms. The minimum Gasteiger partial charge on any atom is -0.236 e. The SMILES string of the molecule is Clc1ccc(-c2csc(-c3ccc(-c4cccc(Cl)c4Cl)cc3)n2)cc1Cl. The maximum atomic E-state index is 6.32. The molecule has 0 bridgehead atoms. The summed E-state index contributed by atoms with van der Waals surface area (Å²) in [5.41, 5.74) is 4.76. The van der Waals surface area contributed by atoms with Gasteiger partial charge in [-0.15, -0.1) is 11.3 Å². The van der Waals surface area contributed by atoms with Gasteiger partial charge in [0.2, 0.25) is 0 Å². The Hall–Kier alpha value is -1.55. The summed E-state index contributed by atoms with van der Waals surface area (Å²) in [6.45, 7) is 0. The van der Waals surface area contributed by atoms with Crippen molar-refractivity contribution in [1.82, 2.24) is 4.98 Å². The van der Waals surface area contributed by atoms with Gasteiger partial charge < -0.3 is 0 Å². The second-order valence-electron chi connectivity index (χ2n) is 5.85. The molecule has 4 rings (SSSR count). The van der Waals surface area contributed by atoms with E-state index in [4.69, 9.17) is 51.4 Å². The van der Waals surface area contributed by atoms with Gasteiger partial charge in [-0.25, -0.2) is 4.98 Å². The van der Waals surface area contributed by atoms with Crippen LogP contribution in [0.25, 0.3) is 33.0 Å². The Morgan fingerprint density at radius 2 is 1.37 bits per heavy atom. The van der Waals surface area contributed by atoms with Crippen LogP contribution >= 0.6 is 57.7 Å². The Labute approximate surface area is 181 Å². The van der Waals surface area contributed by atoms with Gasteiger partial charge in [0.15, 0.2) is 0 Å². The second-order valence-corrected chi connectivity index (χ2v) is 8.30. The van der Waals surface area contributed by atoms with Crippen molar-refractivity contribution in [1.29, 1.82) is 0 Å². The van der Waals surface area contributed by atoms with E-state index in [1.165, 1.54) is 0 Å². The van der Waals surface area contributed by atoms with Crippen molar-refractivity contribution in [3.8, 4) is 33.0 Å². The fourth-order valence-electron chi connectivity index (χ4n) is 2.71. The van der Waals surface area contributed by atoms with Gasteiger partial charge in [0.05, 0.1) is 25.8 Å². The van der Waals surface area contributed by atoms with Crippen molar-refractivity contribution in [3.05, 3.63) is 86.1 Å². The maximum absolute atomic E-state index is 6.32. The first kappa shape index (κ1) is 18.8. The number of benzene rings is 3. The molecule has 27 heavy (non-hydrogen) atoms. The number of nitrogens with zero attached hydrogens (tertiary/aromatic N) is 1. The number of aromatic nitrogens is 1. The summed E-state index contributed by atoms with van der Waals surface area (Å²) in [6, 6.07) is 19.2. The van der Waals surface area contributed by atoms with E-state index in [2.05, 4.69) is 0 Å². The lowest BCUT2D eigenvalue weighted by molar-refractivity contribution is 1.40. The van der Waals surface area contributed by atoms with Crippen LogP contribution in [0.4, 0.5) is 0 Å². The molecule has 0 radical (unpaired) electrons. The van der Waals surface area contributed by atoms with Crippen LogP contribution in [0.3, 0.4) is 0 Å². The van der Waals surface area contributed by atoms with E-state index in [1.54, 1.807) is 23.5 Å². The normalized spacial score (nSPS) is 11.0. The van der Waals surface area contributed by atoms with Crippen molar-refractivity contribution in [2.75, 3.05) is 0 Å². The van der Waals surface area contributed by atoms with Crippen LogP contribution in [0.15, 0.2) is 66.0 Å².